The van der Waals surface area contributed by atoms with Gasteiger partial charge < -0.3 is 10.1 Å². The van der Waals surface area contributed by atoms with Crippen LogP contribution in [0.4, 0.5) is 5.69 Å². The summed E-state index contributed by atoms with van der Waals surface area (Å²) in [6, 6.07) is 13.8. The van der Waals surface area contributed by atoms with Gasteiger partial charge in [-0.2, -0.15) is 0 Å². The third kappa shape index (κ3) is 4.83. The lowest BCUT2D eigenvalue weighted by atomic mass is 10.1. The number of benzene rings is 2. The maximum atomic E-state index is 12.3. The molecule has 0 spiro atoms. The maximum Gasteiger partial charge on any atom is 0.311 e. The summed E-state index contributed by atoms with van der Waals surface area (Å²) in [7, 11) is 0. The van der Waals surface area contributed by atoms with Crippen molar-refractivity contribution in [3.05, 3.63) is 53.5 Å². The average molecular weight is 386 g/mol. The first kappa shape index (κ1) is 18.4. The lowest BCUT2D eigenvalue weighted by molar-refractivity contribution is -0.142. The number of hydrogen-bond donors (Lipinski definition) is 1. The van der Waals surface area contributed by atoms with Crippen molar-refractivity contribution in [2.24, 2.45) is 0 Å². The van der Waals surface area contributed by atoms with Crippen LogP contribution < -0.4 is 5.32 Å². The van der Waals surface area contributed by atoms with E-state index in [1.807, 2.05) is 47.8 Å². The predicted molar refractivity (Wildman–Crippen MR) is 106 cm³/mol. The molecule has 0 saturated heterocycles. The fraction of sp³-hybridized carbons (Fsp3) is 0.211. The van der Waals surface area contributed by atoms with E-state index < -0.39 is 0 Å². The number of esters is 1. The number of anilines is 1. The first-order chi connectivity index (χ1) is 12.7. The van der Waals surface area contributed by atoms with E-state index in [1.54, 1.807) is 6.92 Å². The Kier molecular flexibility index (Phi) is 6.25. The average Bonchev–Trinajstić information content (AvgIpc) is 3.08. The van der Waals surface area contributed by atoms with Gasteiger partial charge in [0.25, 0.3) is 0 Å². The van der Waals surface area contributed by atoms with Crippen molar-refractivity contribution >= 4 is 51.4 Å². The number of nitrogens with one attached hydrogen (secondary N) is 1. The van der Waals surface area contributed by atoms with E-state index in [0.717, 1.165) is 20.8 Å². The zero-order valence-corrected chi connectivity index (χ0v) is 15.9. The Bertz CT molecular complexity index is 919. The summed E-state index contributed by atoms with van der Waals surface area (Å²) >= 11 is 2.78. The molecule has 1 amide bonds. The van der Waals surface area contributed by atoms with Crippen LogP contribution in [0, 0.1) is 0 Å². The molecule has 0 fully saturated rings. The second kappa shape index (κ2) is 8.82. The van der Waals surface area contributed by atoms with Crippen molar-refractivity contribution in [1.29, 1.82) is 0 Å². The SMILES string of the molecule is CCOC(=O)Cc1csc(SCC(=O)Nc2cccc3ccccc23)n1. The summed E-state index contributed by atoms with van der Waals surface area (Å²) in [6.45, 7) is 2.13. The van der Waals surface area contributed by atoms with E-state index in [9.17, 15) is 9.59 Å². The van der Waals surface area contributed by atoms with Crippen LogP contribution in [-0.2, 0) is 20.7 Å². The number of thiazole rings is 1. The monoisotopic (exact) mass is 386 g/mol. The van der Waals surface area contributed by atoms with E-state index >= 15 is 0 Å². The van der Waals surface area contributed by atoms with Crippen LogP contribution in [0.2, 0.25) is 0 Å². The number of thioether (sulfide) groups is 1. The van der Waals surface area contributed by atoms with Crippen molar-refractivity contribution in [2.75, 3.05) is 17.7 Å². The highest BCUT2D eigenvalue weighted by atomic mass is 32.2. The minimum absolute atomic E-state index is 0.0894. The number of fused-ring (bicyclic) bond motifs is 1. The van der Waals surface area contributed by atoms with Crippen LogP contribution >= 0.6 is 23.1 Å². The van der Waals surface area contributed by atoms with Crippen molar-refractivity contribution < 1.29 is 14.3 Å². The number of amides is 1. The number of carbonyl (C=O) groups excluding carboxylic acids is 2. The Labute approximate surface area is 159 Å². The predicted octanol–water partition coefficient (Wildman–Crippen LogP) is 4.13. The molecule has 3 aromatic rings. The summed E-state index contributed by atoms with van der Waals surface area (Å²) in [6.07, 6.45) is 0.160. The number of rotatable bonds is 7. The largest absolute Gasteiger partial charge is 0.466 e. The fourth-order valence-electron chi connectivity index (χ4n) is 2.44. The van der Waals surface area contributed by atoms with Crippen LogP contribution in [0.25, 0.3) is 10.8 Å². The van der Waals surface area contributed by atoms with Gasteiger partial charge in [0.05, 0.1) is 24.5 Å². The molecule has 26 heavy (non-hydrogen) atoms. The molecule has 1 N–H and O–H groups in total. The third-order valence-corrected chi connectivity index (χ3v) is 5.62. The van der Waals surface area contributed by atoms with Gasteiger partial charge in [0.15, 0.2) is 4.34 Å². The van der Waals surface area contributed by atoms with E-state index in [-0.39, 0.29) is 24.1 Å². The molecule has 0 unspecified atom stereocenters. The molecule has 1 heterocycles. The highest BCUT2D eigenvalue weighted by molar-refractivity contribution is 8.01. The van der Waals surface area contributed by atoms with Gasteiger partial charge in [-0.25, -0.2) is 4.98 Å². The quantitative estimate of drug-likeness (QED) is 0.488. The minimum atomic E-state index is -0.289. The first-order valence-corrected chi connectivity index (χ1v) is 10.0. The summed E-state index contributed by atoms with van der Waals surface area (Å²) in [5.41, 5.74) is 1.47. The van der Waals surface area contributed by atoms with Crippen LogP contribution in [0.5, 0.6) is 0 Å². The number of aromatic nitrogens is 1. The molecule has 134 valence electrons. The van der Waals surface area contributed by atoms with Crippen LogP contribution in [0.3, 0.4) is 0 Å². The van der Waals surface area contributed by atoms with E-state index in [0.29, 0.717) is 12.3 Å². The molecule has 0 bridgehead atoms. The van der Waals surface area contributed by atoms with Crippen LogP contribution in [0.15, 0.2) is 52.2 Å². The number of ether oxygens (including phenoxy) is 1. The molecule has 0 saturated carbocycles. The normalized spacial score (nSPS) is 10.7. The van der Waals surface area contributed by atoms with Gasteiger partial charge in [0.2, 0.25) is 5.91 Å². The van der Waals surface area contributed by atoms with Gasteiger partial charge in [0, 0.05) is 16.5 Å². The molecule has 0 aliphatic carbocycles. The summed E-state index contributed by atoms with van der Waals surface area (Å²) in [5, 5.41) is 6.87. The van der Waals surface area contributed by atoms with Gasteiger partial charge in [0.1, 0.15) is 0 Å². The van der Waals surface area contributed by atoms with Gasteiger partial charge in [-0.15, -0.1) is 11.3 Å². The molecular formula is C19H18N2O3S2. The molecule has 0 atom stereocenters. The Hall–Kier alpha value is -2.38. The van der Waals surface area contributed by atoms with E-state index in [2.05, 4.69) is 10.3 Å². The van der Waals surface area contributed by atoms with Gasteiger partial charge >= 0.3 is 5.97 Å². The Morgan fingerprint density at radius 3 is 2.85 bits per heavy atom. The number of nitrogens with zero attached hydrogens (tertiary/aromatic N) is 1. The fourth-order valence-corrected chi connectivity index (χ4v) is 4.09. The zero-order chi connectivity index (χ0) is 18.4. The smallest absolute Gasteiger partial charge is 0.311 e. The molecule has 0 aliphatic rings. The zero-order valence-electron chi connectivity index (χ0n) is 14.2. The highest BCUT2D eigenvalue weighted by Gasteiger charge is 2.11. The first-order valence-electron chi connectivity index (χ1n) is 8.16. The summed E-state index contributed by atoms with van der Waals surface area (Å²) in [4.78, 5) is 28.1. The highest BCUT2D eigenvalue weighted by Crippen LogP contribution is 2.25. The van der Waals surface area contributed by atoms with E-state index in [4.69, 9.17) is 4.74 Å². The molecule has 0 aliphatic heterocycles. The van der Waals surface area contributed by atoms with E-state index in [1.165, 1.54) is 23.1 Å². The van der Waals surface area contributed by atoms with Crippen molar-refractivity contribution in [3.8, 4) is 0 Å². The number of carbonyl (C=O) groups is 2. The summed E-state index contributed by atoms with van der Waals surface area (Å²) < 4.78 is 5.67. The topological polar surface area (TPSA) is 68.3 Å². The molecule has 2 aromatic carbocycles. The molecular weight excluding hydrogens is 368 g/mol. The van der Waals surface area contributed by atoms with Crippen molar-refractivity contribution in [3.63, 3.8) is 0 Å². The van der Waals surface area contributed by atoms with Gasteiger partial charge in [-0.1, -0.05) is 48.2 Å². The second-order valence-corrected chi connectivity index (χ2v) is 7.53. The standard InChI is InChI=1S/C19H18N2O3S2/c1-2-24-18(23)10-14-11-25-19(20-14)26-12-17(22)21-16-9-5-7-13-6-3-4-8-15(13)16/h3-9,11H,2,10,12H2,1H3,(H,21,22). The molecule has 1 aromatic heterocycles. The summed E-state index contributed by atoms with van der Waals surface area (Å²) in [5.74, 6) is -0.119. The third-order valence-electron chi connectivity index (χ3n) is 3.55. The van der Waals surface area contributed by atoms with Crippen molar-refractivity contribution in [2.45, 2.75) is 17.7 Å². The number of hydrogen-bond acceptors (Lipinski definition) is 6. The molecule has 5 nitrogen and oxygen atoms in total. The molecule has 3 rings (SSSR count). The van der Waals surface area contributed by atoms with Crippen molar-refractivity contribution in [1.82, 2.24) is 4.98 Å². The molecule has 7 heteroatoms. The van der Waals surface area contributed by atoms with Gasteiger partial charge in [-0.3, -0.25) is 9.59 Å². The maximum absolute atomic E-state index is 12.3. The van der Waals surface area contributed by atoms with Crippen LogP contribution in [-0.4, -0.2) is 29.2 Å². The minimum Gasteiger partial charge on any atom is -0.466 e. The van der Waals surface area contributed by atoms with Crippen LogP contribution in [0.1, 0.15) is 12.6 Å². The Balaban J connectivity index is 1.56. The Morgan fingerprint density at radius 1 is 1.19 bits per heavy atom. The lowest BCUT2D eigenvalue weighted by Gasteiger charge is -2.08. The second-order valence-electron chi connectivity index (χ2n) is 5.45. The Morgan fingerprint density at radius 2 is 2.00 bits per heavy atom. The lowest BCUT2D eigenvalue weighted by Crippen LogP contribution is -2.14. The van der Waals surface area contributed by atoms with Gasteiger partial charge in [-0.05, 0) is 18.4 Å². The molecule has 0 radical (unpaired) electrons.